The highest BCUT2D eigenvalue weighted by atomic mass is 32.2. The van der Waals surface area contributed by atoms with Gasteiger partial charge in [0.15, 0.2) is 11.6 Å². The molecule has 122 valence electrons. The second-order valence-corrected chi connectivity index (χ2v) is 5.94. The van der Waals surface area contributed by atoms with E-state index >= 15 is 0 Å². The summed E-state index contributed by atoms with van der Waals surface area (Å²) in [5, 5.41) is 3.68. The molecule has 2 heterocycles. The number of primary amides is 1. The van der Waals surface area contributed by atoms with Crippen LogP contribution in [-0.4, -0.2) is 27.7 Å². The Morgan fingerprint density at radius 1 is 1.17 bits per heavy atom. The average molecular weight is 342 g/mol. The van der Waals surface area contributed by atoms with Gasteiger partial charge in [0.05, 0.1) is 11.8 Å². The van der Waals surface area contributed by atoms with E-state index < -0.39 is 11.9 Å². The highest BCUT2D eigenvalue weighted by molar-refractivity contribution is 7.99. The van der Waals surface area contributed by atoms with Gasteiger partial charge in [-0.15, -0.1) is 11.8 Å². The first-order chi connectivity index (χ1) is 11.6. The number of urea groups is 1. The number of fused-ring (bicyclic) bond motifs is 1. The van der Waals surface area contributed by atoms with Crippen LogP contribution in [0, 0.1) is 0 Å². The molecule has 3 N–H and O–H groups in total. The van der Waals surface area contributed by atoms with Crippen molar-refractivity contribution < 1.29 is 14.0 Å². The Morgan fingerprint density at radius 3 is 2.75 bits per heavy atom. The Hall–Kier alpha value is -2.87. The molecule has 0 saturated carbocycles. The smallest absolute Gasteiger partial charge is 0.318 e. The van der Waals surface area contributed by atoms with Crippen molar-refractivity contribution in [1.29, 1.82) is 0 Å². The van der Waals surface area contributed by atoms with Gasteiger partial charge < -0.3 is 10.2 Å². The first kappa shape index (κ1) is 16.0. The molecule has 0 aliphatic carbocycles. The van der Waals surface area contributed by atoms with Gasteiger partial charge in [-0.2, -0.15) is 0 Å². The van der Waals surface area contributed by atoms with Crippen LogP contribution in [0.3, 0.4) is 0 Å². The van der Waals surface area contributed by atoms with E-state index in [1.807, 2.05) is 29.6 Å². The summed E-state index contributed by atoms with van der Waals surface area (Å²) in [5.74, 6) is 1.11. The lowest BCUT2D eigenvalue weighted by molar-refractivity contribution is -0.119. The maximum absolute atomic E-state index is 11.5. The normalized spacial score (nSPS) is 10.7. The summed E-state index contributed by atoms with van der Waals surface area (Å²) in [6, 6.07) is 10.3. The number of imide groups is 1. The van der Waals surface area contributed by atoms with E-state index in [1.165, 1.54) is 11.8 Å². The number of amides is 3. The predicted molar refractivity (Wildman–Crippen MR) is 90.3 cm³/mol. The van der Waals surface area contributed by atoms with Crippen molar-refractivity contribution in [2.75, 3.05) is 5.75 Å². The van der Waals surface area contributed by atoms with Crippen LogP contribution in [0.4, 0.5) is 4.79 Å². The Kier molecular flexibility index (Phi) is 4.76. The number of hydrogen-bond acceptors (Lipinski definition) is 6. The molecule has 3 amide bonds. The number of nitrogens with two attached hydrogens (primary N) is 1. The second kappa shape index (κ2) is 7.14. The van der Waals surface area contributed by atoms with Crippen molar-refractivity contribution in [3.05, 3.63) is 42.7 Å². The minimum atomic E-state index is -0.849. The van der Waals surface area contributed by atoms with Crippen LogP contribution in [0.5, 0.6) is 0 Å². The van der Waals surface area contributed by atoms with Gasteiger partial charge in [-0.1, -0.05) is 18.2 Å². The fourth-order valence-corrected chi connectivity index (χ4v) is 3.07. The van der Waals surface area contributed by atoms with Gasteiger partial charge in [0.25, 0.3) is 0 Å². The lowest BCUT2D eigenvalue weighted by Crippen LogP contribution is -2.35. The van der Waals surface area contributed by atoms with Crippen molar-refractivity contribution in [1.82, 2.24) is 15.3 Å². The standard InChI is InChI=1S/C16H14N4O3S/c17-16(22)19-13(21)7-9-24-15-10-4-1-2-5-11(10)18-14(20-15)12-6-3-8-23-12/h1-6,8H,7,9H2,(H3,17,19,21,22). The zero-order valence-corrected chi connectivity index (χ0v) is 13.4. The molecule has 8 heteroatoms. The number of para-hydroxylation sites is 1. The molecule has 0 spiro atoms. The van der Waals surface area contributed by atoms with E-state index in [4.69, 9.17) is 10.2 Å². The fourth-order valence-electron chi connectivity index (χ4n) is 2.11. The van der Waals surface area contributed by atoms with Crippen LogP contribution in [-0.2, 0) is 4.79 Å². The molecule has 24 heavy (non-hydrogen) atoms. The van der Waals surface area contributed by atoms with E-state index in [9.17, 15) is 9.59 Å². The molecule has 2 aromatic heterocycles. The van der Waals surface area contributed by atoms with E-state index in [1.54, 1.807) is 18.4 Å². The Labute approximate surface area is 141 Å². The number of carbonyl (C=O) groups excluding carboxylic acids is 2. The number of aromatic nitrogens is 2. The molecule has 0 radical (unpaired) electrons. The molecule has 0 aliphatic rings. The van der Waals surface area contributed by atoms with Gasteiger partial charge in [0.2, 0.25) is 5.91 Å². The first-order valence-electron chi connectivity index (χ1n) is 7.16. The summed E-state index contributed by atoms with van der Waals surface area (Å²) in [6.45, 7) is 0. The van der Waals surface area contributed by atoms with Crippen molar-refractivity contribution >= 4 is 34.6 Å². The zero-order valence-electron chi connectivity index (χ0n) is 12.6. The monoisotopic (exact) mass is 342 g/mol. The fraction of sp³-hybridized carbons (Fsp3) is 0.125. The molecule has 1 aromatic carbocycles. The quantitative estimate of drug-likeness (QED) is 0.544. The lowest BCUT2D eigenvalue weighted by atomic mass is 10.2. The van der Waals surface area contributed by atoms with Crippen LogP contribution < -0.4 is 11.1 Å². The first-order valence-corrected chi connectivity index (χ1v) is 8.15. The Morgan fingerprint density at radius 2 is 2.00 bits per heavy atom. The molecular weight excluding hydrogens is 328 g/mol. The van der Waals surface area contributed by atoms with Gasteiger partial charge in [0, 0.05) is 17.6 Å². The van der Waals surface area contributed by atoms with Gasteiger partial charge in [-0.25, -0.2) is 14.8 Å². The summed E-state index contributed by atoms with van der Waals surface area (Å²) in [7, 11) is 0. The average Bonchev–Trinajstić information content (AvgIpc) is 3.08. The number of nitrogens with zero attached hydrogens (tertiary/aromatic N) is 2. The number of carbonyl (C=O) groups is 2. The number of nitrogens with one attached hydrogen (secondary N) is 1. The molecule has 0 aliphatic heterocycles. The third kappa shape index (κ3) is 3.72. The molecular formula is C16H14N4O3S. The van der Waals surface area contributed by atoms with E-state index in [0.717, 1.165) is 15.9 Å². The van der Waals surface area contributed by atoms with Crippen LogP contribution in [0.25, 0.3) is 22.5 Å². The largest absolute Gasteiger partial charge is 0.461 e. The number of furan rings is 1. The number of benzene rings is 1. The van der Waals surface area contributed by atoms with E-state index in [0.29, 0.717) is 17.3 Å². The summed E-state index contributed by atoms with van der Waals surface area (Å²) >= 11 is 1.41. The Bertz CT molecular complexity index is 880. The number of thioether (sulfide) groups is 1. The minimum absolute atomic E-state index is 0.155. The van der Waals surface area contributed by atoms with Crippen molar-refractivity contribution in [3.63, 3.8) is 0 Å². The summed E-state index contributed by atoms with van der Waals surface area (Å²) in [5.41, 5.74) is 5.71. The topological polar surface area (TPSA) is 111 Å². The summed E-state index contributed by atoms with van der Waals surface area (Å²) in [6.07, 6.45) is 1.72. The van der Waals surface area contributed by atoms with Crippen molar-refractivity contribution in [2.45, 2.75) is 11.4 Å². The molecule has 0 fully saturated rings. The van der Waals surface area contributed by atoms with Crippen LogP contribution in [0.15, 0.2) is 52.1 Å². The van der Waals surface area contributed by atoms with E-state index in [2.05, 4.69) is 9.97 Å². The highest BCUT2D eigenvalue weighted by Gasteiger charge is 2.12. The minimum Gasteiger partial charge on any atom is -0.461 e. The molecule has 3 rings (SSSR count). The number of hydrogen-bond donors (Lipinski definition) is 2. The Balaban J connectivity index is 1.83. The van der Waals surface area contributed by atoms with Crippen LogP contribution >= 0.6 is 11.8 Å². The molecule has 0 atom stereocenters. The second-order valence-electron chi connectivity index (χ2n) is 4.86. The molecule has 0 saturated heterocycles. The zero-order chi connectivity index (χ0) is 16.9. The van der Waals surface area contributed by atoms with Gasteiger partial charge in [-0.3, -0.25) is 10.1 Å². The third-order valence-corrected chi connectivity index (χ3v) is 4.13. The van der Waals surface area contributed by atoms with Gasteiger partial charge in [0.1, 0.15) is 5.03 Å². The van der Waals surface area contributed by atoms with Crippen molar-refractivity contribution in [2.24, 2.45) is 5.73 Å². The van der Waals surface area contributed by atoms with Crippen LogP contribution in [0.2, 0.25) is 0 Å². The van der Waals surface area contributed by atoms with Gasteiger partial charge in [-0.05, 0) is 18.2 Å². The summed E-state index contributed by atoms with van der Waals surface area (Å²) < 4.78 is 5.36. The molecule has 0 unspecified atom stereocenters. The number of rotatable bonds is 5. The van der Waals surface area contributed by atoms with Gasteiger partial charge >= 0.3 is 6.03 Å². The van der Waals surface area contributed by atoms with E-state index in [-0.39, 0.29) is 6.42 Å². The maximum atomic E-state index is 11.5. The van der Waals surface area contributed by atoms with Crippen molar-refractivity contribution in [3.8, 4) is 11.6 Å². The molecule has 3 aromatic rings. The maximum Gasteiger partial charge on any atom is 0.318 e. The SMILES string of the molecule is NC(=O)NC(=O)CCSc1nc(-c2ccco2)nc2ccccc12. The summed E-state index contributed by atoms with van der Waals surface area (Å²) in [4.78, 5) is 31.2. The van der Waals surface area contributed by atoms with Crippen LogP contribution in [0.1, 0.15) is 6.42 Å². The predicted octanol–water partition coefficient (Wildman–Crippen LogP) is 2.57. The molecule has 0 bridgehead atoms. The highest BCUT2D eigenvalue weighted by Crippen LogP contribution is 2.28. The molecule has 7 nitrogen and oxygen atoms in total. The third-order valence-electron chi connectivity index (χ3n) is 3.14. The lowest BCUT2D eigenvalue weighted by Gasteiger charge is -2.07.